The van der Waals surface area contributed by atoms with Crippen molar-refractivity contribution in [2.75, 3.05) is 19.1 Å². The van der Waals surface area contributed by atoms with Gasteiger partial charge in [-0.05, 0) is 35.7 Å². The largest absolute Gasteiger partial charge is 0.467 e. The molecule has 4 rings (SSSR count). The van der Waals surface area contributed by atoms with E-state index in [9.17, 15) is 14.4 Å². The summed E-state index contributed by atoms with van der Waals surface area (Å²) in [4.78, 5) is 40.8. The van der Waals surface area contributed by atoms with Crippen LogP contribution in [-0.4, -0.2) is 32.2 Å². The fraction of sp³-hybridized carbons (Fsp3) is 0.240. The van der Waals surface area contributed by atoms with Crippen LogP contribution in [-0.2, 0) is 19.1 Å². The molecule has 0 aliphatic carbocycles. The fourth-order valence-corrected chi connectivity index (χ4v) is 3.86. The molecule has 2 aromatic carbocycles. The third kappa shape index (κ3) is 3.45. The monoisotopic (exact) mass is 433 g/mol. The maximum atomic E-state index is 13.5. The van der Waals surface area contributed by atoms with Crippen molar-refractivity contribution in [2.45, 2.75) is 25.8 Å². The van der Waals surface area contributed by atoms with Crippen molar-refractivity contribution in [1.29, 1.82) is 0 Å². The molecule has 0 amide bonds. The molecule has 1 atom stereocenters. The number of methoxy groups -OCH3 is 2. The van der Waals surface area contributed by atoms with Crippen LogP contribution in [0.15, 0.2) is 57.7 Å². The summed E-state index contributed by atoms with van der Waals surface area (Å²) in [6, 6.07) is 13.2. The zero-order chi connectivity index (χ0) is 23.0. The third-order valence-electron chi connectivity index (χ3n) is 5.56. The number of hydrogen-bond acceptors (Lipinski definition) is 7. The van der Waals surface area contributed by atoms with Crippen molar-refractivity contribution in [1.82, 2.24) is 0 Å². The lowest BCUT2D eigenvalue weighted by Gasteiger charge is -2.31. The molecule has 0 N–H and O–H groups in total. The number of rotatable bonds is 4. The number of carbonyl (C=O) groups is 2. The van der Waals surface area contributed by atoms with Crippen molar-refractivity contribution in [3.63, 3.8) is 0 Å². The first-order chi connectivity index (χ1) is 15.4. The molecule has 1 aliphatic rings. The van der Waals surface area contributed by atoms with E-state index in [1.54, 1.807) is 36.4 Å². The van der Waals surface area contributed by atoms with Crippen LogP contribution in [0.3, 0.4) is 0 Å². The lowest BCUT2D eigenvalue weighted by molar-refractivity contribution is -0.142. The van der Waals surface area contributed by atoms with Gasteiger partial charge < -0.3 is 18.8 Å². The van der Waals surface area contributed by atoms with E-state index in [-0.39, 0.29) is 27.6 Å². The van der Waals surface area contributed by atoms with Gasteiger partial charge in [0.25, 0.3) is 0 Å². The molecular formula is C25H23NO6. The third-order valence-corrected chi connectivity index (χ3v) is 5.56. The molecule has 1 aliphatic heterocycles. The van der Waals surface area contributed by atoms with Gasteiger partial charge in [-0.3, -0.25) is 4.79 Å². The van der Waals surface area contributed by atoms with E-state index in [1.807, 2.05) is 26.0 Å². The highest BCUT2D eigenvalue weighted by Gasteiger charge is 2.39. The molecule has 1 unspecified atom stereocenters. The Balaban J connectivity index is 2.16. The molecule has 0 bridgehead atoms. The summed E-state index contributed by atoms with van der Waals surface area (Å²) in [7, 11) is 2.45. The van der Waals surface area contributed by atoms with Crippen LogP contribution in [0.4, 0.5) is 5.69 Å². The van der Waals surface area contributed by atoms with E-state index in [0.29, 0.717) is 16.7 Å². The Hall–Kier alpha value is -3.87. The Kier molecular flexibility index (Phi) is 5.57. The number of carbonyl (C=O) groups excluding carboxylic acids is 2. The number of anilines is 1. The molecule has 3 aromatic rings. The second-order valence-corrected chi connectivity index (χ2v) is 7.79. The summed E-state index contributed by atoms with van der Waals surface area (Å²) >= 11 is 0. The van der Waals surface area contributed by atoms with E-state index in [2.05, 4.69) is 0 Å². The summed E-state index contributed by atoms with van der Waals surface area (Å²) in [6.45, 7) is 4.07. The quantitative estimate of drug-likeness (QED) is 0.582. The van der Waals surface area contributed by atoms with Crippen LogP contribution < -0.4 is 21.0 Å². The minimum atomic E-state index is -1.18. The molecular weight excluding hydrogens is 410 g/mol. The smallest absolute Gasteiger partial charge is 0.340 e. The van der Waals surface area contributed by atoms with E-state index in [4.69, 9.17) is 13.9 Å². The Bertz CT molecular complexity index is 1390. The van der Waals surface area contributed by atoms with Gasteiger partial charge in [-0.1, -0.05) is 38.1 Å². The normalized spacial score (nSPS) is 15.3. The maximum Gasteiger partial charge on any atom is 0.340 e. The zero-order valence-corrected chi connectivity index (χ0v) is 18.2. The number of para-hydroxylation sites is 1. The average molecular weight is 433 g/mol. The van der Waals surface area contributed by atoms with Gasteiger partial charge in [0.2, 0.25) is 5.43 Å². The van der Waals surface area contributed by atoms with Crippen molar-refractivity contribution >= 4 is 40.4 Å². The van der Waals surface area contributed by atoms with E-state index < -0.39 is 18.0 Å². The van der Waals surface area contributed by atoms with Gasteiger partial charge in [-0.15, -0.1) is 0 Å². The SMILES string of the molecule is COC(=O)C1=c2oc3ccc(C(C)C)cc3c(=O)c2=CN(c2ccccc2)C1C(=O)OC. The second kappa shape index (κ2) is 8.34. The summed E-state index contributed by atoms with van der Waals surface area (Å²) in [5.74, 6) is -1.24. The van der Waals surface area contributed by atoms with Crippen LogP contribution in [0.1, 0.15) is 25.3 Å². The maximum absolute atomic E-state index is 13.5. The second-order valence-electron chi connectivity index (χ2n) is 7.79. The number of nitrogens with zero attached hydrogens (tertiary/aromatic N) is 1. The average Bonchev–Trinajstić information content (AvgIpc) is 2.82. The molecule has 0 saturated heterocycles. The van der Waals surface area contributed by atoms with Gasteiger partial charge in [0.15, 0.2) is 11.5 Å². The van der Waals surface area contributed by atoms with E-state index >= 15 is 0 Å². The predicted octanol–water partition coefficient (Wildman–Crippen LogP) is 2.04. The number of hydrogen-bond donors (Lipinski definition) is 0. The van der Waals surface area contributed by atoms with Gasteiger partial charge in [-0.25, -0.2) is 9.59 Å². The first-order valence-corrected chi connectivity index (χ1v) is 10.2. The topological polar surface area (TPSA) is 86.0 Å². The van der Waals surface area contributed by atoms with Crippen LogP contribution in [0.2, 0.25) is 0 Å². The molecule has 0 spiro atoms. The first-order valence-electron chi connectivity index (χ1n) is 10.2. The summed E-state index contributed by atoms with van der Waals surface area (Å²) in [6.07, 6.45) is 1.53. The number of benzene rings is 2. The van der Waals surface area contributed by atoms with Crippen LogP contribution in [0, 0.1) is 0 Å². The highest BCUT2D eigenvalue weighted by atomic mass is 16.5. The Labute approximate surface area is 184 Å². The number of esters is 2. The molecule has 0 radical (unpaired) electrons. The highest BCUT2D eigenvalue weighted by Crippen LogP contribution is 2.25. The summed E-state index contributed by atoms with van der Waals surface area (Å²) in [5, 5.41) is 0.572. The predicted molar refractivity (Wildman–Crippen MR) is 120 cm³/mol. The van der Waals surface area contributed by atoms with Crippen molar-refractivity contribution < 1.29 is 23.5 Å². The van der Waals surface area contributed by atoms with Crippen molar-refractivity contribution in [2.24, 2.45) is 0 Å². The first kappa shape index (κ1) is 21.4. The molecule has 0 fully saturated rings. The van der Waals surface area contributed by atoms with Crippen LogP contribution >= 0.6 is 0 Å². The van der Waals surface area contributed by atoms with E-state index in [1.165, 1.54) is 25.3 Å². The molecule has 0 saturated carbocycles. The number of ether oxygens (including phenoxy) is 2. The molecule has 7 nitrogen and oxygen atoms in total. The van der Waals surface area contributed by atoms with Crippen LogP contribution in [0.25, 0.3) is 22.7 Å². The molecule has 1 aromatic heterocycles. The molecule has 2 heterocycles. The summed E-state index contributed by atoms with van der Waals surface area (Å²) in [5.41, 5.74) is 1.54. The summed E-state index contributed by atoms with van der Waals surface area (Å²) < 4.78 is 16.0. The van der Waals surface area contributed by atoms with E-state index in [0.717, 1.165) is 5.56 Å². The van der Waals surface area contributed by atoms with Gasteiger partial charge in [0, 0.05) is 11.9 Å². The lowest BCUT2D eigenvalue weighted by atomic mass is 9.98. The highest BCUT2D eigenvalue weighted by molar-refractivity contribution is 6.19. The Morgan fingerprint density at radius 1 is 1.03 bits per heavy atom. The van der Waals surface area contributed by atoms with Gasteiger partial charge in [0.1, 0.15) is 11.2 Å². The molecule has 164 valence electrons. The molecule has 32 heavy (non-hydrogen) atoms. The minimum absolute atomic E-state index is 0.00854. The fourth-order valence-electron chi connectivity index (χ4n) is 3.86. The Morgan fingerprint density at radius 2 is 1.75 bits per heavy atom. The van der Waals surface area contributed by atoms with Crippen molar-refractivity contribution in [3.05, 3.63) is 75.0 Å². The van der Waals surface area contributed by atoms with Gasteiger partial charge in [-0.2, -0.15) is 0 Å². The lowest BCUT2D eigenvalue weighted by Crippen LogP contribution is -2.55. The Morgan fingerprint density at radius 3 is 2.38 bits per heavy atom. The standard InChI is InChI=1S/C25H23NO6/c1-14(2)15-10-11-19-17(12-15)22(27)18-13-26(16-8-6-5-7-9-16)21(25(29)31-4)20(23(18)32-19)24(28)30-3/h5-14,21H,1-4H3. The zero-order valence-electron chi connectivity index (χ0n) is 18.2. The van der Waals surface area contributed by atoms with Gasteiger partial charge >= 0.3 is 11.9 Å². The molecule has 7 heteroatoms. The van der Waals surface area contributed by atoms with Gasteiger partial charge in [0.05, 0.1) is 24.8 Å². The van der Waals surface area contributed by atoms with Crippen molar-refractivity contribution in [3.8, 4) is 0 Å². The minimum Gasteiger partial charge on any atom is -0.467 e. The van der Waals surface area contributed by atoms with Crippen LogP contribution in [0.5, 0.6) is 0 Å². The number of fused-ring (bicyclic) bond motifs is 2.